The molecule has 9 nitrogen and oxygen atoms in total. The Hall–Kier alpha value is -2.93. The van der Waals surface area contributed by atoms with Crippen molar-refractivity contribution in [1.82, 2.24) is 9.34 Å². The molecule has 0 atom stereocenters. The van der Waals surface area contributed by atoms with Crippen LogP contribution in [0, 0.1) is 17.1 Å². The molecule has 0 aliphatic carbocycles. The summed E-state index contributed by atoms with van der Waals surface area (Å²) in [5, 5.41) is 9.42. The summed E-state index contributed by atoms with van der Waals surface area (Å²) in [6.45, 7) is 3.67. The molecule has 11 heteroatoms. The minimum atomic E-state index is -3.51. The lowest BCUT2D eigenvalue weighted by molar-refractivity contribution is 0.0440. The lowest BCUT2D eigenvalue weighted by Crippen LogP contribution is -2.44. The molecule has 0 bridgehead atoms. The van der Waals surface area contributed by atoms with Gasteiger partial charge in [-0.15, -0.1) is 0 Å². The van der Waals surface area contributed by atoms with Crippen LogP contribution in [0.1, 0.15) is 16.7 Å². The van der Waals surface area contributed by atoms with E-state index in [0.29, 0.717) is 80.7 Å². The van der Waals surface area contributed by atoms with E-state index in [-0.39, 0.29) is 12.4 Å². The Morgan fingerprint density at radius 3 is 2.26 bits per heavy atom. The fourth-order valence-electron chi connectivity index (χ4n) is 4.27. The van der Waals surface area contributed by atoms with Crippen molar-refractivity contribution >= 4 is 25.0 Å². The molecule has 0 radical (unpaired) electrons. The molecule has 0 spiro atoms. The van der Waals surface area contributed by atoms with Crippen LogP contribution < -0.4 is 0 Å². The molecule has 2 saturated heterocycles. The number of hydrogen-bond donors (Lipinski definition) is 0. The lowest BCUT2D eigenvalue weighted by Gasteiger charge is -2.40. The highest BCUT2D eigenvalue weighted by Crippen LogP contribution is 2.55. The number of fused-ring (bicyclic) bond motifs is 1. The Morgan fingerprint density at radius 1 is 0.971 bits per heavy atom. The summed E-state index contributed by atoms with van der Waals surface area (Å²) in [4.78, 5) is 9.29. The number of ether oxygens (including phenoxy) is 2. The topological polar surface area (TPSA) is 99.8 Å². The third-order valence-corrected chi connectivity index (χ3v) is 8.72. The van der Waals surface area contributed by atoms with Crippen LogP contribution in [0.3, 0.4) is 0 Å². The first-order valence-electron chi connectivity index (χ1n) is 11.5. The number of morpholine rings is 2. The molecule has 2 fully saturated rings. The number of nitrogens with zero attached hydrogens (tertiary/aromatic N) is 5. The quantitative estimate of drug-likeness (QED) is 0.597. The molecule has 3 heterocycles. The van der Waals surface area contributed by atoms with Crippen LogP contribution in [0.2, 0.25) is 0 Å². The third kappa shape index (κ3) is 4.92. The zero-order chi connectivity index (χ0) is 24.3. The van der Waals surface area contributed by atoms with Crippen LogP contribution in [-0.4, -0.2) is 80.1 Å². The molecule has 0 amide bonds. The number of benzene rings is 2. The molecule has 0 unspecified atom stereocenters. The summed E-state index contributed by atoms with van der Waals surface area (Å²) in [5.74, 6) is -0.264. The van der Waals surface area contributed by atoms with Crippen LogP contribution in [-0.2, 0) is 18.6 Å². The lowest BCUT2D eigenvalue weighted by atomic mass is 9.98. The molecule has 3 aliphatic heterocycles. The molecular weight excluding hydrogens is 472 g/mol. The smallest absolute Gasteiger partial charge is 0.397 e. The molecule has 2 aromatic carbocycles. The summed E-state index contributed by atoms with van der Waals surface area (Å²) >= 11 is 0. The minimum absolute atomic E-state index is 0.0289. The van der Waals surface area contributed by atoms with Crippen molar-refractivity contribution in [2.45, 2.75) is 0 Å². The summed E-state index contributed by atoms with van der Waals surface area (Å²) < 4.78 is 49.9. The molecule has 182 valence electrons. The normalized spacial score (nSPS) is 19.7. The van der Waals surface area contributed by atoms with Crippen molar-refractivity contribution in [2.24, 2.45) is 9.98 Å². The number of hydrogen-bond acceptors (Lipinski definition) is 7. The van der Waals surface area contributed by atoms with E-state index in [2.05, 4.69) is 16.1 Å². The monoisotopic (exact) mass is 497 g/mol. The molecule has 2 aromatic rings. The molecule has 0 saturated carbocycles. The standard InChI is InChI=1S/C24H25FN5O4P/c25-21-4-2-1-3-19(21)24-20-15-18(16-26)5-6-22(20)28-23(17-27-24)34-35(31,29-7-11-32-12-8-29)30-9-13-33-14-10-30/h1-6,15H,7-14,17H2. The Kier molecular flexibility index (Phi) is 7.04. The van der Waals surface area contributed by atoms with Gasteiger partial charge in [-0.25, -0.2) is 23.3 Å². The maximum absolute atomic E-state index is 14.7. The van der Waals surface area contributed by atoms with Gasteiger partial charge in [0.15, 0.2) is 0 Å². The van der Waals surface area contributed by atoms with Gasteiger partial charge in [0.05, 0.1) is 49.5 Å². The maximum Gasteiger partial charge on any atom is 0.397 e. The summed E-state index contributed by atoms with van der Waals surface area (Å²) in [7, 11) is -3.51. The highest BCUT2D eigenvalue weighted by molar-refractivity contribution is 7.54. The zero-order valence-electron chi connectivity index (χ0n) is 19.1. The first kappa shape index (κ1) is 23.8. The fourth-order valence-corrected chi connectivity index (χ4v) is 6.57. The van der Waals surface area contributed by atoms with Gasteiger partial charge in [-0.1, -0.05) is 12.1 Å². The average Bonchev–Trinajstić information content (AvgIpc) is 3.08. The maximum atomic E-state index is 14.7. The van der Waals surface area contributed by atoms with E-state index in [1.807, 2.05) is 9.34 Å². The van der Waals surface area contributed by atoms with Crippen LogP contribution in [0.15, 0.2) is 52.4 Å². The second-order valence-corrected chi connectivity index (χ2v) is 10.5. The predicted octanol–water partition coefficient (Wildman–Crippen LogP) is 3.37. The SMILES string of the molecule is N#Cc1ccc2c(c1)C(c1ccccc1F)=NCC(OP(=O)(N1CCOCC1)N1CCOCC1)=N2. The fraction of sp³-hybridized carbons (Fsp3) is 0.375. The number of halogens is 1. The first-order chi connectivity index (χ1) is 17.1. The third-order valence-electron chi connectivity index (χ3n) is 6.04. The van der Waals surface area contributed by atoms with Crippen molar-refractivity contribution in [3.05, 3.63) is 65.0 Å². The van der Waals surface area contributed by atoms with E-state index in [0.717, 1.165) is 0 Å². The van der Waals surface area contributed by atoms with Gasteiger partial charge in [0.2, 0.25) is 5.90 Å². The van der Waals surface area contributed by atoms with Crippen molar-refractivity contribution < 1.29 is 23.0 Å². The van der Waals surface area contributed by atoms with Gasteiger partial charge in [0.25, 0.3) is 0 Å². The minimum Gasteiger partial charge on any atom is -0.405 e. The Labute approximate surface area is 203 Å². The van der Waals surface area contributed by atoms with E-state index >= 15 is 0 Å². The molecule has 35 heavy (non-hydrogen) atoms. The van der Waals surface area contributed by atoms with Gasteiger partial charge in [-0.05, 0) is 30.3 Å². The predicted molar refractivity (Wildman–Crippen MR) is 129 cm³/mol. The second kappa shape index (κ2) is 10.4. The summed E-state index contributed by atoms with van der Waals surface area (Å²) in [5.41, 5.74) is 2.05. The van der Waals surface area contributed by atoms with E-state index in [1.54, 1.807) is 36.4 Å². The largest absolute Gasteiger partial charge is 0.405 e. The summed E-state index contributed by atoms with van der Waals surface area (Å²) in [6, 6.07) is 13.4. The van der Waals surface area contributed by atoms with Crippen molar-refractivity contribution in [2.75, 3.05) is 59.2 Å². The van der Waals surface area contributed by atoms with E-state index in [1.165, 1.54) is 6.07 Å². The van der Waals surface area contributed by atoms with Gasteiger partial charge in [-0.3, -0.25) is 4.99 Å². The highest BCUT2D eigenvalue weighted by atomic mass is 31.2. The molecule has 0 aromatic heterocycles. The van der Waals surface area contributed by atoms with E-state index in [9.17, 15) is 14.2 Å². The van der Waals surface area contributed by atoms with Crippen molar-refractivity contribution in [3.8, 4) is 6.07 Å². The number of rotatable bonds is 4. The molecule has 5 rings (SSSR count). The zero-order valence-corrected chi connectivity index (χ0v) is 20.0. The van der Waals surface area contributed by atoms with Crippen LogP contribution in [0.25, 0.3) is 0 Å². The van der Waals surface area contributed by atoms with Gasteiger partial charge in [-0.2, -0.15) is 5.26 Å². The van der Waals surface area contributed by atoms with Crippen LogP contribution >= 0.6 is 7.67 Å². The van der Waals surface area contributed by atoms with Gasteiger partial charge < -0.3 is 14.0 Å². The number of aliphatic imine (C=N–C) groups is 2. The van der Waals surface area contributed by atoms with Gasteiger partial charge in [0, 0.05) is 37.3 Å². The average molecular weight is 497 g/mol. The molecular formula is C24H25FN5O4P. The Balaban J connectivity index is 1.55. The van der Waals surface area contributed by atoms with E-state index in [4.69, 9.17) is 14.0 Å². The van der Waals surface area contributed by atoms with Crippen molar-refractivity contribution in [1.29, 1.82) is 5.26 Å². The number of nitriles is 1. The van der Waals surface area contributed by atoms with Crippen LogP contribution in [0.4, 0.5) is 10.1 Å². The highest BCUT2D eigenvalue weighted by Gasteiger charge is 2.42. The van der Waals surface area contributed by atoms with Gasteiger partial charge in [0.1, 0.15) is 12.4 Å². The second-order valence-electron chi connectivity index (χ2n) is 8.21. The van der Waals surface area contributed by atoms with E-state index < -0.39 is 13.5 Å². The molecule has 0 N–H and O–H groups in total. The molecule has 3 aliphatic rings. The Morgan fingerprint density at radius 2 is 1.63 bits per heavy atom. The Bertz CT molecular complexity index is 1230. The van der Waals surface area contributed by atoms with Crippen molar-refractivity contribution in [3.63, 3.8) is 0 Å². The van der Waals surface area contributed by atoms with Gasteiger partial charge >= 0.3 is 7.67 Å². The summed E-state index contributed by atoms with van der Waals surface area (Å²) in [6.07, 6.45) is 0. The van der Waals surface area contributed by atoms with Crippen LogP contribution in [0.5, 0.6) is 0 Å². The first-order valence-corrected chi connectivity index (χ1v) is 13.0.